The predicted molar refractivity (Wildman–Crippen MR) is 76.0 cm³/mol. The van der Waals surface area contributed by atoms with E-state index in [2.05, 4.69) is 16.2 Å². The Balaban J connectivity index is 1.86. The van der Waals surface area contributed by atoms with E-state index in [4.69, 9.17) is 10.3 Å². The lowest BCUT2D eigenvalue weighted by atomic mass is 10.1. The summed E-state index contributed by atoms with van der Waals surface area (Å²) in [5.74, 6) is 1.20. The van der Waals surface area contributed by atoms with Gasteiger partial charge in [0.25, 0.3) is 5.89 Å². The number of nitrogens with zero attached hydrogens (tertiary/aromatic N) is 2. The van der Waals surface area contributed by atoms with Crippen molar-refractivity contribution in [3.8, 4) is 11.5 Å². The average Bonchev–Trinajstić information content (AvgIpc) is 3.05. The summed E-state index contributed by atoms with van der Waals surface area (Å²) in [6.07, 6.45) is 0.697. The Bertz CT molecular complexity index is 689. The Morgan fingerprint density at radius 3 is 2.95 bits per heavy atom. The highest BCUT2D eigenvalue weighted by Gasteiger charge is 2.10. The van der Waals surface area contributed by atoms with Crippen LogP contribution in [0.5, 0.6) is 0 Å². The second-order valence-electron chi connectivity index (χ2n) is 4.34. The van der Waals surface area contributed by atoms with Crippen molar-refractivity contribution in [1.29, 1.82) is 0 Å². The molecule has 0 bridgehead atoms. The van der Waals surface area contributed by atoms with Gasteiger partial charge in [0.15, 0.2) is 5.82 Å². The number of aryl methyl sites for hydroxylation is 1. The molecule has 0 amide bonds. The standard InChI is InChI=1S/C14H13N3OS/c1-9-4-5-10(7-12(9)15)14-16-13(17-18-14)8-11-3-2-6-19-11/h2-7H,8,15H2,1H3. The zero-order valence-corrected chi connectivity index (χ0v) is 11.3. The number of rotatable bonds is 3. The SMILES string of the molecule is Cc1ccc(-c2nc(Cc3cccs3)no2)cc1N. The van der Waals surface area contributed by atoms with Crippen molar-refractivity contribution < 1.29 is 4.52 Å². The summed E-state index contributed by atoms with van der Waals surface area (Å²) in [7, 11) is 0. The molecule has 0 aliphatic carbocycles. The molecule has 0 fully saturated rings. The molecule has 4 nitrogen and oxygen atoms in total. The Kier molecular flexibility index (Phi) is 3.05. The number of aromatic nitrogens is 2. The summed E-state index contributed by atoms with van der Waals surface area (Å²) in [5.41, 5.74) is 8.52. The summed E-state index contributed by atoms with van der Waals surface area (Å²) in [6.45, 7) is 1.97. The third kappa shape index (κ3) is 2.51. The summed E-state index contributed by atoms with van der Waals surface area (Å²) in [4.78, 5) is 5.62. The topological polar surface area (TPSA) is 64.9 Å². The molecular formula is C14H13N3OS. The minimum absolute atomic E-state index is 0.512. The maximum absolute atomic E-state index is 5.89. The average molecular weight is 271 g/mol. The molecule has 2 heterocycles. The van der Waals surface area contributed by atoms with Gasteiger partial charge in [-0.1, -0.05) is 17.3 Å². The van der Waals surface area contributed by atoms with Crippen molar-refractivity contribution in [2.24, 2.45) is 0 Å². The molecule has 0 spiro atoms. The fourth-order valence-corrected chi connectivity index (χ4v) is 2.49. The van der Waals surface area contributed by atoms with Crippen LogP contribution < -0.4 is 5.73 Å². The maximum Gasteiger partial charge on any atom is 0.258 e. The molecule has 2 aromatic heterocycles. The van der Waals surface area contributed by atoms with E-state index >= 15 is 0 Å². The van der Waals surface area contributed by atoms with Crippen molar-refractivity contribution in [3.63, 3.8) is 0 Å². The first-order chi connectivity index (χ1) is 9.22. The Morgan fingerprint density at radius 1 is 1.32 bits per heavy atom. The molecule has 0 saturated carbocycles. The van der Waals surface area contributed by atoms with Gasteiger partial charge in [-0.05, 0) is 36.1 Å². The second-order valence-corrected chi connectivity index (χ2v) is 5.38. The van der Waals surface area contributed by atoms with Crippen LogP contribution in [0.25, 0.3) is 11.5 Å². The predicted octanol–water partition coefficient (Wildman–Crippen LogP) is 3.28. The van der Waals surface area contributed by atoms with Gasteiger partial charge in [0.05, 0.1) is 0 Å². The van der Waals surface area contributed by atoms with Crippen molar-refractivity contribution in [2.45, 2.75) is 13.3 Å². The van der Waals surface area contributed by atoms with Crippen LogP contribution in [0.3, 0.4) is 0 Å². The lowest BCUT2D eigenvalue weighted by Crippen LogP contribution is -1.90. The molecule has 19 heavy (non-hydrogen) atoms. The van der Waals surface area contributed by atoms with Crippen LogP contribution in [0, 0.1) is 6.92 Å². The lowest BCUT2D eigenvalue weighted by molar-refractivity contribution is 0.424. The molecule has 0 aliphatic heterocycles. The van der Waals surface area contributed by atoms with Gasteiger partial charge in [0, 0.05) is 22.5 Å². The molecule has 96 valence electrons. The lowest BCUT2D eigenvalue weighted by Gasteiger charge is -2.00. The van der Waals surface area contributed by atoms with E-state index in [1.807, 2.05) is 36.6 Å². The molecular weight excluding hydrogens is 258 g/mol. The van der Waals surface area contributed by atoms with Crippen LogP contribution >= 0.6 is 11.3 Å². The van der Waals surface area contributed by atoms with Crippen LogP contribution in [0.2, 0.25) is 0 Å². The molecule has 0 saturated heterocycles. The van der Waals surface area contributed by atoms with E-state index in [1.165, 1.54) is 4.88 Å². The van der Waals surface area contributed by atoms with Gasteiger partial charge in [0.1, 0.15) is 0 Å². The van der Waals surface area contributed by atoms with Gasteiger partial charge in [0.2, 0.25) is 0 Å². The normalized spacial score (nSPS) is 10.8. The Morgan fingerprint density at radius 2 is 2.21 bits per heavy atom. The summed E-state index contributed by atoms with van der Waals surface area (Å²) < 4.78 is 5.28. The minimum Gasteiger partial charge on any atom is -0.398 e. The first kappa shape index (κ1) is 11.9. The van der Waals surface area contributed by atoms with Gasteiger partial charge in [-0.3, -0.25) is 0 Å². The van der Waals surface area contributed by atoms with E-state index in [0.29, 0.717) is 18.1 Å². The summed E-state index contributed by atoms with van der Waals surface area (Å²) >= 11 is 1.69. The van der Waals surface area contributed by atoms with E-state index < -0.39 is 0 Å². The zero-order valence-electron chi connectivity index (χ0n) is 10.5. The number of nitrogens with two attached hydrogens (primary N) is 1. The van der Waals surface area contributed by atoms with E-state index in [0.717, 1.165) is 16.8 Å². The number of thiophene rings is 1. The van der Waals surface area contributed by atoms with Crippen molar-refractivity contribution >= 4 is 17.0 Å². The van der Waals surface area contributed by atoms with Crippen LogP contribution in [0.1, 0.15) is 16.3 Å². The van der Waals surface area contributed by atoms with Crippen LogP contribution in [0.4, 0.5) is 5.69 Å². The quantitative estimate of drug-likeness (QED) is 0.742. The molecule has 0 aliphatic rings. The minimum atomic E-state index is 0.512. The van der Waals surface area contributed by atoms with Gasteiger partial charge in [-0.15, -0.1) is 11.3 Å². The summed E-state index contributed by atoms with van der Waals surface area (Å²) in [6, 6.07) is 9.83. The summed E-state index contributed by atoms with van der Waals surface area (Å²) in [5, 5.41) is 6.04. The van der Waals surface area contributed by atoms with Crippen molar-refractivity contribution in [3.05, 3.63) is 52.0 Å². The highest BCUT2D eigenvalue weighted by molar-refractivity contribution is 7.09. The van der Waals surface area contributed by atoms with E-state index in [1.54, 1.807) is 11.3 Å². The van der Waals surface area contributed by atoms with E-state index in [-0.39, 0.29) is 0 Å². The zero-order chi connectivity index (χ0) is 13.2. The Hall–Kier alpha value is -2.14. The molecule has 3 rings (SSSR count). The van der Waals surface area contributed by atoms with Crippen LogP contribution in [-0.2, 0) is 6.42 Å². The fraction of sp³-hybridized carbons (Fsp3) is 0.143. The fourth-order valence-electron chi connectivity index (χ4n) is 1.79. The number of hydrogen-bond donors (Lipinski definition) is 1. The molecule has 2 N–H and O–H groups in total. The maximum atomic E-state index is 5.89. The smallest absolute Gasteiger partial charge is 0.258 e. The third-order valence-corrected chi connectivity index (χ3v) is 3.78. The molecule has 0 atom stereocenters. The number of hydrogen-bond acceptors (Lipinski definition) is 5. The first-order valence-electron chi connectivity index (χ1n) is 5.94. The Labute approximate surface area is 114 Å². The second kappa shape index (κ2) is 4.85. The molecule has 5 heteroatoms. The largest absolute Gasteiger partial charge is 0.398 e. The number of benzene rings is 1. The molecule has 1 aromatic carbocycles. The first-order valence-corrected chi connectivity index (χ1v) is 6.82. The highest BCUT2D eigenvalue weighted by atomic mass is 32.1. The third-order valence-electron chi connectivity index (χ3n) is 2.91. The van der Waals surface area contributed by atoms with Gasteiger partial charge in [-0.25, -0.2) is 0 Å². The number of nitrogen functional groups attached to an aromatic ring is 1. The molecule has 0 unspecified atom stereocenters. The molecule has 0 radical (unpaired) electrons. The van der Waals surface area contributed by atoms with Crippen LogP contribution in [0.15, 0.2) is 40.2 Å². The van der Waals surface area contributed by atoms with Gasteiger partial charge in [-0.2, -0.15) is 4.98 Å². The van der Waals surface area contributed by atoms with E-state index in [9.17, 15) is 0 Å². The van der Waals surface area contributed by atoms with Gasteiger partial charge >= 0.3 is 0 Å². The van der Waals surface area contributed by atoms with Crippen LogP contribution in [-0.4, -0.2) is 10.1 Å². The monoisotopic (exact) mass is 271 g/mol. The van der Waals surface area contributed by atoms with Gasteiger partial charge < -0.3 is 10.3 Å². The van der Waals surface area contributed by atoms with Crippen molar-refractivity contribution in [1.82, 2.24) is 10.1 Å². The van der Waals surface area contributed by atoms with Crippen molar-refractivity contribution in [2.75, 3.05) is 5.73 Å². The number of anilines is 1. The highest BCUT2D eigenvalue weighted by Crippen LogP contribution is 2.23. The molecule has 3 aromatic rings.